The third-order valence-electron chi connectivity index (χ3n) is 5.06. The number of Topliss-reactive ketones (excluding diaryl/α,β-unsaturated/α-hetero) is 1. The number of hydrogen-bond donors (Lipinski definition) is 3. The maximum absolute atomic E-state index is 12.6. The van der Waals surface area contributed by atoms with Gasteiger partial charge in [-0.3, -0.25) is 4.79 Å². The fourth-order valence-electron chi connectivity index (χ4n) is 3.86. The van der Waals surface area contributed by atoms with Crippen LogP contribution in [0.1, 0.15) is 48.9 Å². The maximum atomic E-state index is 12.6. The average molecular weight is 340 g/mol. The van der Waals surface area contributed by atoms with Crippen molar-refractivity contribution in [3.63, 3.8) is 0 Å². The standard InChI is InChI=1S/C18H24N6O/c1-11-7-13-8-12(21-11)5-3-4-6-15(25)14-10-20-24-17(19-2)9-16(22-13)23-18(14)24/h9-10,12-13,19,21H,1,3-8H2,2H3,(H,22,23). The second-order valence-electron chi connectivity index (χ2n) is 6.97. The smallest absolute Gasteiger partial charge is 0.170 e. The van der Waals surface area contributed by atoms with Crippen LogP contribution < -0.4 is 16.0 Å². The molecule has 0 radical (unpaired) electrons. The summed E-state index contributed by atoms with van der Waals surface area (Å²) < 4.78 is 1.70. The molecule has 4 bridgehead atoms. The Kier molecular flexibility index (Phi) is 4.07. The molecule has 0 amide bonds. The number of nitrogens with one attached hydrogen (secondary N) is 3. The Morgan fingerprint density at radius 2 is 2.20 bits per heavy atom. The second-order valence-corrected chi connectivity index (χ2v) is 6.97. The van der Waals surface area contributed by atoms with Gasteiger partial charge in [0.2, 0.25) is 0 Å². The topological polar surface area (TPSA) is 83.4 Å². The lowest BCUT2D eigenvalue weighted by Crippen LogP contribution is -2.41. The summed E-state index contributed by atoms with van der Waals surface area (Å²) in [6.45, 7) is 4.13. The average Bonchev–Trinajstić information content (AvgIpc) is 3.00. The highest BCUT2D eigenvalue weighted by molar-refractivity contribution is 6.01. The van der Waals surface area contributed by atoms with Gasteiger partial charge in [0.15, 0.2) is 11.4 Å². The molecule has 2 aliphatic rings. The molecule has 2 aromatic rings. The van der Waals surface area contributed by atoms with Crippen molar-refractivity contribution in [1.82, 2.24) is 19.9 Å². The quantitative estimate of drug-likeness (QED) is 0.740. The van der Waals surface area contributed by atoms with Crippen molar-refractivity contribution in [3.05, 3.63) is 30.1 Å². The van der Waals surface area contributed by atoms with Gasteiger partial charge in [0.1, 0.15) is 11.6 Å². The van der Waals surface area contributed by atoms with Gasteiger partial charge in [-0.05, 0) is 19.3 Å². The molecule has 4 rings (SSSR count). The van der Waals surface area contributed by atoms with Crippen molar-refractivity contribution >= 4 is 23.1 Å². The van der Waals surface area contributed by atoms with Gasteiger partial charge in [0.05, 0.1) is 11.8 Å². The fourth-order valence-corrected chi connectivity index (χ4v) is 3.86. The molecule has 1 saturated heterocycles. The van der Waals surface area contributed by atoms with Crippen LogP contribution in [0.25, 0.3) is 5.65 Å². The van der Waals surface area contributed by atoms with E-state index in [9.17, 15) is 4.79 Å². The van der Waals surface area contributed by atoms with Crippen molar-refractivity contribution in [3.8, 4) is 0 Å². The Labute approximate surface area is 146 Å². The fraction of sp³-hybridized carbons (Fsp3) is 0.500. The van der Waals surface area contributed by atoms with Gasteiger partial charge in [-0.25, -0.2) is 4.98 Å². The molecule has 0 saturated carbocycles. The van der Waals surface area contributed by atoms with Crippen LogP contribution in [0, 0.1) is 0 Å². The summed E-state index contributed by atoms with van der Waals surface area (Å²) in [5.74, 6) is 1.69. The summed E-state index contributed by atoms with van der Waals surface area (Å²) in [5, 5.41) is 14.5. The van der Waals surface area contributed by atoms with Gasteiger partial charge in [-0.15, -0.1) is 0 Å². The Morgan fingerprint density at radius 1 is 1.32 bits per heavy atom. The predicted molar refractivity (Wildman–Crippen MR) is 98.0 cm³/mol. The maximum Gasteiger partial charge on any atom is 0.170 e. The van der Waals surface area contributed by atoms with E-state index >= 15 is 0 Å². The number of piperidine rings is 1. The lowest BCUT2D eigenvalue weighted by molar-refractivity contribution is 0.0980. The van der Waals surface area contributed by atoms with Gasteiger partial charge in [-0.2, -0.15) is 9.61 Å². The van der Waals surface area contributed by atoms with E-state index in [1.807, 2.05) is 13.1 Å². The number of fused-ring (bicyclic) bond motifs is 3. The van der Waals surface area contributed by atoms with Gasteiger partial charge < -0.3 is 16.0 Å². The van der Waals surface area contributed by atoms with Crippen LogP contribution in [-0.4, -0.2) is 39.5 Å². The first kappa shape index (κ1) is 15.9. The summed E-state index contributed by atoms with van der Waals surface area (Å²) in [7, 11) is 1.85. The Balaban J connectivity index is 1.77. The summed E-state index contributed by atoms with van der Waals surface area (Å²) >= 11 is 0. The first-order valence-electron chi connectivity index (χ1n) is 8.94. The highest BCUT2D eigenvalue weighted by atomic mass is 16.1. The zero-order chi connectivity index (χ0) is 17.4. The number of carbonyl (C=O) groups is 1. The largest absolute Gasteiger partial charge is 0.386 e. The molecule has 4 heterocycles. The van der Waals surface area contributed by atoms with Gasteiger partial charge in [0.25, 0.3) is 0 Å². The van der Waals surface area contributed by atoms with E-state index in [2.05, 4.69) is 27.6 Å². The van der Waals surface area contributed by atoms with Crippen LogP contribution in [-0.2, 0) is 0 Å². The van der Waals surface area contributed by atoms with Crippen LogP contribution >= 0.6 is 0 Å². The number of anilines is 2. The third-order valence-corrected chi connectivity index (χ3v) is 5.06. The summed E-state index contributed by atoms with van der Waals surface area (Å²) in [5.41, 5.74) is 2.28. The van der Waals surface area contributed by atoms with E-state index in [-0.39, 0.29) is 5.78 Å². The minimum absolute atomic E-state index is 0.112. The minimum atomic E-state index is 0.112. The van der Waals surface area contributed by atoms with Crippen LogP contribution in [0.15, 0.2) is 24.5 Å². The SMILES string of the molecule is C=C1CC2CC(CCCCC(=O)c3cnn4c(NC)cc(nc34)N2)N1. The van der Waals surface area contributed by atoms with E-state index in [1.54, 1.807) is 10.7 Å². The number of rotatable bonds is 1. The van der Waals surface area contributed by atoms with Gasteiger partial charge >= 0.3 is 0 Å². The highest BCUT2D eigenvalue weighted by Crippen LogP contribution is 2.26. The molecular formula is C18H24N6O. The highest BCUT2D eigenvalue weighted by Gasteiger charge is 2.25. The zero-order valence-electron chi connectivity index (χ0n) is 14.5. The summed E-state index contributed by atoms with van der Waals surface area (Å²) in [4.78, 5) is 17.3. The lowest BCUT2D eigenvalue weighted by Gasteiger charge is -2.33. The monoisotopic (exact) mass is 340 g/mol. The molecule has 2 unspecified atom stereocenters. The first-order valence-corrected chi connectivity index (χ1v) is 8.94. The molecule has 0 aromatic carbocycles. The number of nitrogens with zero attached hydrogens (tertiary/aromatic N) is 3. The molecule has 2 atom stereocenters. The number of hydrogen-bond acceptors (Lipinski definition) is 6. The molecule has 132 valence electrons. The van der Waals surface area contributed by atoms with Crippen molar-refractivity contribution < 1.29 is 4.79 Å². The van der Waals surface area contributed by atoms with E-state index in [0.29, 0.717) is 29.7 Å². The van der Waals surface area contributed by atoms with E-state index in [1.165, 1.54) is 0 Å². The minimum Gasteiger partial charge on any atom is -0.386 e. The summed E-state index contributed by atoms with van der Waals surface area (Å²) in [6, 6.07) is 2.64. The van der Waals surface area contributed by atoms with Crippen molar-refractivity contribution in [2.75, 3.05) is 17.7 Å². The molecule has 2 aromatic heterocycles. The van der Waals surface area contributed by atoms with Gasteiger partial charge in [-0.1, -0.05) is 13.0 Å². The van der Waals surface area contributed by atoms with Crippen LogP contribution in [0.2, 0.25) is 0 Å². The lowest BCUT2D eigenvalue weighted by atomic mass is 9.93. The molecule has 2 aliphatic heterocycles. The molecule has 7 heteroatoms. The molecule has 3 N–H and O–H groups in total. The normalized spacial score (nSPS) is 24.0. The third kappa shape index (κ3) is 3.06. The molecule has 0 aliphatic carbocycles. The van der Waals surface area contributed by atoms with E-state index < -0.39 is 0 Å². The van der Waals surface area contributed by atoms with Crippen molar-refractivity contribution in [1.29, 1.82) is 0 Å². The van der Waals surface area contributed by atoms with E-state index in [4.69, 9.17) is 4.98 Å². The Hall–Kier alpha value is -2.57. The number of aromatic nitrogens is 3. The van der Waals surface area contributed by atoms with Gasteiger partial charge in [0, 0.05) is 43.7 Å². The molecular weight excluding hydrogens is 316 g/mol. The molecule has 25 heavy (non-hydrogen) atoms. The zero-order valence-corrected chi connectivity index (χ0v) is 14.5. The number of carbonyl (C=O) groups excluding carboxylic acids is 1. The van der Waals surface area contributed by atoms with Crippen LogP contribution in [0.4, 0.5) is 11.6 Å². The van der Waals surface area contributed by atoms with Crippen molar-refractivity contribution in [2.24, 2.45) is 0 Å². The molecule has 1 fully saturated rings. The van der Waals surface area contributed by atoms with Crippen LogP contribution in [0.3, 0.4) is 0 Å². The molecule has 0 spiro atoms. The Bertz CT molecular complexity index is 826. The summed E-state index contributed by atoms with van der Waals surface area (Å²) in [6.07, 6.45) is 7.05. The predicted octanol–water partition coefficient (Wildman–Crippen LogP) is 2.57. The van der Waals surface area contributed by atoms with Crippen LogP contribution in [0.5, 0.6) is 0 Å². The first-order chi connectivity index (χ1) is 12.1. The number of ketones is 1. The molecule has 7 nitrogen and oxygen atoms in total. The van der Waals surface area contributed by atoms with E-state index in [0.717, 1.165) is 49.4 Å². The van der Waals surface area contributed by atoms with Crippen molar-refractivity contribution in [2.45, 2.75) is 50.6 Å². The second kappa shape index (κ2) is 6.38. The Morgan fingerprint density at radius 3 is 3.04 bits per heavy atom.